The zero-order valence-electron chi connectivity index (χ0n) is 29.5. The molecule has 0 unspecified atom stereocenters. The smallest absolute Gasteiger partial charge is 0.253 e. The van der Waals surface area contributed by atoms with Crippen LogP contribution >= 0.6 is 8.22 Å². The first-order valence-corrected chi connectivity index (χ1v) is 17.6. The quantitative estimate of drug-likeness (QED) is 0.0904. The van der Waals surface area contributed by atoms with Crippen molar-refractivity contribution >= 4 is 8.22 Å². The number of halogens is 6. The second kappa shape index (κ2) is 14.8. The first-order chi connectivity index (χ1) is 24.3. The number of hydrogen-bond acceptors (Lipinski definition) is 6. The summed E-state index contributed by atoms with van der Waals surface area (Å²) in [4.78, 5) is 16.8. The van der Waals surface area contributed by atoms with Crippen LogP contribution in [0.2, 0.25) is 0 Å². The average molecular weight is 838 g/mol. The Morgan fingerprint density at radius 2 is 0.906 bits per heavy atom. The normalized spacial score (nSPS) is 12.7. The van der Waals surface area contributed by atoms with Crippen molar-refractivity contribution in [1.82, 2.24) is 39.0 Å². The van der Waals surface area contributed by atoms with Crippen LogP contribution in [-0.4, -0.2) is 39.0 Å². The molecule has 16 heteroatoms. The molecule has 0 bridgehead atoms. The van der Waals surface area contributed by atoms with E-state index in [1.54, 1.807) is 84.9 Å². The first kappa shape index (κ1) is 39.9. The number of hydrogen-bond donors (Lipinski definition) is 0. The Bertz CT molecular complexity index is 2020. The molecule has 4 heterocycles. The van der Waals surface area contributed by atoms with Crippen molar-refractivity contribution < 1.29 is 45.8 Å². The molecule has 0 aliphatic heterocycles. The second-order valence-electron chi connectivity index (χ2n) is 14.2. The van der Waals surface area contributed by atoms with Gasteiger partial charge in [0, 0.05) is 12.4 Å². The largest absolute Gasteiger partial charge is 2.00 e. The van der Waals surface area contributed by atoms with E-state index in [2.05, 4.69) is 30.1 Å². The van der Waals surface area contributed by atoms with Crippen LogP contribution in [0.4, 0.5) is 26.3 Å². The van der Waals surface area contributed by atoms with E-state index in [1.807, 2.05) is 41.5 Å². The van der Waals surface area contributed by atoms with E-state index < -0.39 is 48.7 Å². The van der Waals surface area contributed by atoms with Gasteiger partial charge in [0.25, 0.3) is 11.6 Å². The van der Waals surface area contributed by atoms with Crippen molar-refractivity contribution in [3.8, 4) is 23.0 Å². The fourth-order valence-corrected chi connectivity index (χ4v) is 8.03. The molecule has 53 heavy (non-hydrogen) atoms. The molecule has 0 amide bonds. The average Bonchev–Trinajstić information content (AvgIpc) is 3.74. The molecule has 6 rings (SSSR count). The Hall–Kier alpha value is -4.35. The second-order valence-corrected chi connectivity index (χ2v) is 16.1. The third-order valence-electron chi connectivity index (χ3n) is 8.25. The molecule has 2 aromatic carbocycles. The molecule has 0 aliphatic carbocycles. The molecule has 0 spiro atoms. The summed E-state index contributed by atoms with van der Waals surface area (Å²) in [6.45, 7) is 11.6. The van der Waals surface area contributed by atoms with Crippen LogP contribution in [0.5, 0.6) is 0 Å². The van der Waals surface area contributed by atoms with E-state index in [-0.39, 0.29) is 42.5 Å². The van der Waals surface area contributed by atoms with E-state index in [0.717, 1.165) is 20.0 Å². The van der Waals surface area contributed by atoms with Gasteiger partial charge in [0.05, 0.1) is 5.66 Å². The minimum atomic E-state index is -5.01. The topological polar surface area (TPSA) is 87.2 Å². The van der Waals surface area contributed by atoms with Crippen LogP contribution in [0.3, 0.4) is 0 Å². The van der Waals surface area contributed by atoms with Gasteiger partial charge >= 0.3 is 31.8 Å². The fraction of sp³-hybridized carbons (Fsp3) is 0.297. The molecule has 4 aromatic heterocycles. The molecule has 276 valence electrons. The summed E-state index contributed by atoms with van der Waals surface area (Å²) in [7, 11) is -2.58. The van der Waals surface area contributed by atoms with Crippen LogP contribution in [0.25, 0.3) is 23.0 Å². The number of aromatic nitrogens is 8. The molecule has 0 atom stereocenters. The van der Waals surface area contributed by atoms with Crippen LogP contribution in [0, 0.1) is 0 Å². The predicted molar refractivity (Wildman–Crippen MR) is 186 cm³/mol. The number of rotatable bonds is 7. The maximum Gasteiger partial charge on any atom is 2.00 e. The third kappa shape index (κ3) is 8.57. The van der Waals surface area contributed by atoms with Crippen molar-refractivity contribution in [3.63, 3.8) is 0 Å². The number of alkyl halides is 6. The standard InChI is InChI=1S/C37H35F6N8P.Ru/c1-34(2,3)25-17-19-44-27(21-25)30-46-32(36(38,39)40)48-50(30)52(29(23-13-9-7-10-14-23)24-15-11-8-12-16-24)51-31(47-33(49-51)37(41,42)43)28-22-26(18-20-45-28)35(4,5)6;/h7-22,29H,1-6H3;/q;+2. The Labute approximate surface area is 316 Å². The number of pyridine rings is 2. The van der Waals surface area contributed by atoms with Gasteiger partial charge < -0.3 is 0 Å². The summed E-state index contributed by atoms with van der Waals surface area (Å²) in [6.07, 6.45) is -7.10. The van der Waals surface area contributed by atoms with Gasteiger partial charge in [-0.25, -0.2) is 9.97 Å². The van der Waals surface area contributed by atoms with Gasteiger partial charge in [-0.1, -0.05) is 102 Å². The van der Waals surface area contributed by atoms with Gasteiger partial charge in [-0.2, -0.15) is 35.2 Å². The minimum absolute atomic E-state index is 0. The van der Waals surface area contributed by atoms with Gasteiger partial charge in [0.1, 0.15) is 11.4 Å². The number of benzene rings is 2. The molecule has 8 nitrogen and oxygen atoms in total. The summed E-state index contributed by atoms with van der Waals surface area (Å²) in [6, 6.07) is 24.3. The Morgan fingerprint density at radius 3 is 1.23 bits per heavy atom. The molecule has 0 saturated heterocycles. The van der Waals surface area contributed by atoms with Gasteiger partial charge in [0.2, 0.25) is 0 Å². The van der Waals surface area contributed by atoms with Crippen LogP contribution in [0.15, 0.2) is 97.3 Å². The van der Waals surface area contributed by atoms with Crippen molar-refractivity contribution in [2.24, 2.45) is 0 Å². The zero-order valence-corrected chi connectivity index (χ0v) is 32.1. The molecule has 0 aliphatic rings. The maximum absolute atomic E-state index is 14.6. The van der Waals surface area contributed by atoms with Crippen molar-refractivity contribution in [1.29, 1.82) is 0 Å². The molecular formula is C37H35F6N8PRu+2. The van der Waals surface area contributed by atoms with E-state index in [4.69, 9.17) is 0 Å². The molecule has 0 radical (unpaired) electrons. The van der Waals surface area contributed by atoms with Gasteiger partial charge in [0.15, 0.2) is 19.9 Å². The van der Waals surface area contributed by atoms with E-state index >= 15 is 0 Å². The zero-order chi connectivity index (χ0) is 37.6. The van der Waals surface area contributed by atoms with E-state index in [0.29, 0.717) is 11.1 Å². The van der Waals surface area contributed by atoms with Crippen molar-refractivity contribution in [3.05, 3.63) is 131 Å². The Morgan fingerprint density at radius 1 is 0.547 bits per heavy atom. The Balaban J connectivity index is 0.00000541. The van der Waals surface area contributed by atoms with Crippen LogP contribution in [0.1, 0.15) is 81.1 Å². The molecule has 0 N–H and O–H groups in total. The number of nitrogens with zero attached hydrogens (tertiary/aromatic N) is 8. The molecule has 0 saturated carbocycles. The minimum Gasteiger partial charge on any atom is -0.253 e. The van der Waals surface area contributed by atoms with E-state index in [1.165, 1.54) is 12.4 Å². The summed E-state index contributed by atoms with van der Waals surface area (Å²) in [5.41, 5.74) is 0.977. The molecular weight excluding hydrogens is 802 g/mol. The monoisotopic (exact) mass is 838 g/mol. The maximum atomic E-state index is 14.6. The summed E-state index contributed by atoms with van der Waals surface area (Å²) in [5.74, 6) is -3.56. The SMILES string of the molecule is CC(C)(C)c1ccnc(-c2nc(C(F)(F)F)nn2P(C(c2ccccc2)c2ccccc2)n2nc(C(F)(F)F)nc2-c2cc(C(C)(C)C)ccn2)c1.[Ru+2]. The summed E-state index contributed by atoms with van der Waals surface area (Å²) < 4.78 is 89.6. The fourth-order valence-electron chi connectivity index (χ4n) is 5.52. The predicted octanol–water partition coefficient (Wildman–Crippen LogP) is 10.1. The van der Waals surface area contributed by atoms with E-state index in [9.17, 15) is 26.3 Å². The first-order valence-electron chi connectivity index (χ1n) is 16.2. The summed E-state index contributed by atoms with van der Waals surface area (Å²) in [5, 5.41) is 8.08. The van der Waals surface area contributed by atoms with Crippen molar-refractivity contribution in [2.75, 3.05) is 0 Å². The third-order valence-corrected chi connectivity index (χ3v) is 10.6. The molecule has 0 fully saturated rings. The van der Waals surface area contributed by atoms with Gasteiger partial charge in [-0.15, -0.1) is 10.2 Å². The van der Waals surface area contributed by atoms with Gasteiger partial charge in [-0.05, 0) is 57.3 Å². The molecule has 6 aromatic rings. The Kier molecular flexibility index (Phi) is 11.1. The van der Waals surface area contributed by atoms with Crippen LogP contribution < -0.4 is 0 Å². The van der Waals surface area contributed by atoms with Crippen LogP contribution in [-0.2, 0) is 42.7 Å². The van der Waals surface area contributed by atoms with Crippen molar-refractivity contribution in [2.45, 2.75) is 70.4 Å². The summed E-state index contributed by atoms with van der Waals surface area (Å²) >= 11 is 0. The van der Waals surface area contributed by atoms with Gasteiger partial charge in [-0.3, -0.25) is 9.97 Å².